The topological polar surface area (TPSA) is 50.2 Å². The minimum absolute atomic E-state index is 0.0618. The summed E-state index contributed by atoms with van der Waals surface area (Å²) in [6.07, 6.45) is -0.669. The molecule has 0 saturated carbocycles. The van der Waals surface area contributed by atoms with Crippen molar-refractivity contribution in [2.45, 2.75) is 31.6 Å². The van der Waals surface area contributed by atoms with E-state index in [9.17, 15) is 18.0 Å². The molecule has 140 valence electrons. The second kappa shape index (κ2) is 7.49. The molecule has 0 bridgehead atoms. The molecule has 1 aromatic heterocycles. The van der Waals surface area contributed by atoms with Crippen molar-refractivity contribution in [1.29, 1.82) is 0 Å². The maximum Gasteiger partial charge on any atom is 0.416 e. The zero-order valence-electron chi connectivity index (χ0n) is 14.5. The maximum absolute atomic E-state index is 13.1. The van der Waals surface area contributed by atoms with E-state index in [1.807, 2.05) is 0 Å². The van der Waals surface area contributed by atoms with E-state index in [4.69, 9.17) is 0 Å². The van der Waals surface area contributed by atoms with Crippen LogP contribution in [0.5, 0.6) is 0 Å². The molecule has 5 nitrogen and oxygen atoms in total. The molecule has 0 radical (unpaired) electrons. The Labute approximate surface area is 149 Å². The van der Waals surface area contributed by atoms with E-state index in [0.717, 1.165) is 32.0 Å². The SMILES string of the molecule is CN(Cc1ccccc1C(F)(F)F)C(=O)c1ccn(C2CCCNC2)n1. The number of benzene rings is 1. The summed E-state index contributed by atoms with van der Waals surface area (Å²) in [6.45, 7) is 1.64. The number of nitrogens with one attached hydrogen (secondary N) is 1. The van der Waals surface area contributed by atoms with Crippen molar-refractivity contribution < 1.29 is 18.0 Å². The normalized spacial score (nSPS) is 17.9. The lowest BCUT2D eigenvalue weighted by Crippen LogP contribution is -2.32. The van der Waals surface area contributed by atoms with Gasteiger partial charge in [-0.05, 0) is 37.1 Å². The number of carbonyl (C=O) groups is 1. The molecule has 8 heteroatoms. The summed E-state index contributed by atoms with van der Waals surface area (Å²) in [7, 11) is 1.48. The molecule has 26 heavy (non-hydrogen) atoms. The second-order valence-electron chi connectivity index (χ2n) is 6.50. The van der Waals surface area contributed by atoms with Crippen LogP contribution < -0.4 is 5.32 Å². The van der Waals surface area contributed by atoms with Crippen LogP contribution in [0.15, 0.2) is 36.5 Å². The molecule has 2 heterocycles. The van der Waals surface area contributed by atoms with Crippen LogP contribution >= 0.6 is 0 Å². The van der Waals surface area contributed by atoms with Crippen molar-refractivity contribution in [1.82, 2.24) is 20.0 Å². The fourth-order valence-corrected chi connectivity index (χ4v) is 3.17. The largest absolute Gasteiger partial charge is 0.416 e. The Kier molecular flexibility index (Phi) is 5.31. The van der Waals surface area contributed by atoms with Gasteiger partial charge in [0.25, 0.3) is 5.91 Å². The fraction of sp³-hybridized carbons (Fsp3) is 0.444. The Morgan fingerprint density at radius 3 is 2.81 bits per heavy atom. The Bertz CT molecular complexity index is 766. The highest BCUT2D eigenvalue weighted by Gasteiger charge is 2.33. The van der Waals surface area contributed by atoms with Crippen LogP contribution in [-0.2, 0) is 12.7 Å². The van der Waals surface area contributed by atoms with Gasteiger partial charge in [0, 0.05) is 26.3 Å². The van der Waals surface area contributed by atoms with E-state index in [-0.39, 0.29) is 23.8 Å². The van der Waals surface area contributed by atoms with Crippen LogP contribution in [0.1, 0.15) is 40.5 Å². The summed E-state index contributed by atoms with van der Waals surface area (Å²) < 4.78 is 41.1. The number of hydrogen-bond acceptors (Lipinski definition) is 3. The highest BCUT2D eigenvalue weighted by Crippen LogP contribution is 2.32. The molecule has 3 rings (SSSR count). The van der Waals surface area contributed by atoms with Gasteiger partial charge < -0.3 is 10.2 Å². The van der Waals surface area contributed by atoms with Gasteiger partial charge in [0.15, 0.2) is 0 Å². The molecule has 0 spiro atoms. The molecule has 1 fully saturated rings. The smallest absolute Gasteiger partial charge is 0.336 e. The lowest BCUT2D eigenvalue weighted by Gasteiger charge is -2.23. The number of alkyl halides is 3. The van der Waals surface area contributed by atoms with E-state index < -0.39 is 17.6 Å². The van der Waals surface area contributed by atoms with Crippen molar-refractivity contribution >= 4 is 5.91 Å². The number of halogens is 3. The van der Waals surface area contributed by atoms with Crippen molar-refractivity contribution in [2.24, 2.45) is 0 Å². The van der Waals surface area contributed by atoms with Gasteiger partial charge >= 0.3 is 6.18 Å². The van der Waals surface area contributed by atoms with E-state index in [1.165, 1.54) is 30.1 Å². The zero-order valence-corrected chi connectivity index (χ0v) is 14.5. The first-order valence-corrected chi connectivity index (χ1v) is 8.52. The number of carbonyl (C=O) groups excluding carboxylic acids is 1. The number of rotatable bonds is 4. The Balaban J connectivity index is 1.72. The first-order chi connectivity index (χ1) is 12.4. The Morgan fingerprint density at radius 2 is 2.12 bits per heavy atom. The van der Waals surface area contributed by atoms with Gasteiger partial charge in [-0.3, -0.25) is 9.48 Å². The van der Waals surface area contributed by atoms with E-state index in [0.29, 0.717) is 0 Å². The van der Waals surface area contributed by atoms with E-state index >= 15 is 0 Å². The minimum Gasteiger partial charge on any atom is -0.336 e. The highest BCUT2D eigenvalue weighted by atomic mass is 19.4. The van der Waals surface area contributed by atoms with Crippen LogP contribution in [0.25, 0.3) is 0 Å². The van der Waals surface area contributed by atoms with Gasteiger partial charge in [0.05, 0.1) is 11.6 Å². The zero-order chi connectivity index (χ0) is 18.7. The van der Waals surface area contributed by atoms with Gasteiger partial charge in [-0.25, -0.2) is 0 Å². The summed E-state index contributed by atoms with van der Waals surface area (Å²) in [6, 6.07) is 7.10. The lowest BCUT2D eigenvalue weighted by atomic mass is 10.1. The summed E-state index contributed by atoms with van der Waals surface area (Å²) in [5.74, 6) is -0.399. The average molecular weight is 366 g/mol. The van der Waals surface area contributed by atoms with Gasteiger partial charge in [-0.1, -0.05) is 18.2 Å². The third-order valence-electron chi connectivity index (χ3n) is 4.55. The molecule has 1 aliphatic heterocycles. The molecule has 1 aromatic carbocycles. The van der Waals surface area contributed by atoms with Crippen LogP contribution in [0, 0.1) is 0 Å². The predicted molar refractivity (Wildman–Crippen MR) is 90.6 cm³/mol. The van der Waals surface area contributed by atoms with Crippen molar-refractivity contribution in [3.05, 3.63) is 53.3 Å². The number of hydrogen-bond donors (Lipinski definition) is 1. The molecule has 1 aliphatic rings. The molecule has 1 saturated heterocycles. The molecular formula is C18H21F3N4O. The summed E-state index contributed by atoms with van der Waals surface area (Å²) >= 11 is 0. The Hall–Kier alpha value is -2.35. The third-order valence-corrected chi connectivity index (χ3v) is 4.55. The number of nitrogens with zero attached hydrogens (tertiary/aromatic N) is 3. The maximum atomic E-state index is 13.1. The molecule has 2 aromatic rings. The first-order valence-electron chi connectivity index (χ1n) is 8.52. The van der Waals surface area contributed by atoms with Gasteiger partial charge in [-0.2, -0.15) is 18.3 Å². The lowest BCUT2D eigenvalue weighted by molar-refractivity contribution is -0.138. The van der Waals surface area contributed by atoms with Crippen molar-refractivity contribution in [3.8, 4) is 0 Å². The highest BCUT2D eigenvalue weighted by molar-refractivity contribution is 5.92. The van der Waals surface area contributed by atoms with E-state index in [1.54, 1.807) is 16.9 Å². The Morgan fingerprint density at radius 1 is 1.35 bits per heavy atom. The van der Waals surface area contributed by atoms with Gasteiger partial charge in [0.1, 0.15) is 5.69 Å². The van der Waals surface area contributed by atoms with E-state index in [2.05, 4.69) is 10.4 Å². The van der Waals surface area contributed by atoms with Crippen LogP contribution in [0.4, 0.5) is 13.2 Å². The van der Waals surface area contributed by atoms with Gasteiger partial charge in [-0.15, -0.1) is 0 Å². The standard InChI is InChI=1S/C18H21F3N4O/c1-24(12-13-5-2-3-7-15(13)18(19,20)21)17(26)16-8-10-25(23-16)14-6-4-9-22-11-14/h2-3,5,7-8,10,14,22H,4,6,9,11-12H2,1H3. The molecule has 0 aliphatic carbocycles. The average Bonchev–Trinajstić information content (AvgIpc) is 3.11. The van der Waals surface area contributed by atoms with Crippen LogP contribution in [0.2, 0.25) is 0 Å². The number of amides is 1. The molecule has 1 N–H and O–H groups in total. The summed E-state index contributed by atoms with van der Waals surface area (Å²) in [4.78, 5) is 13.8. The molecule has 1 atom stereocenters. The van der Waals surface area contributed by atoms with Crippen molar-refractivity contribution in [3.63, 3.8) is 0 Å². The predicted octanol–water partition coefficient (Wildman–Crippen LogP) is 3.10. The molecule has 1 unspecified atom stereocenters. The molecule has 1 amide bonds. The summed E-state index contributed by atoms with van der Waals surface area (Å²) in [5, 5.41) is 7.62. The number of piperidine rings is 1. The summed E-state index contributed by atoms with van der Waals surface area (Å²) in [5.41, 5.74) is -0.423. The quantitative estimate of drug-likeness (QED) is 0.905. The van der Waals surface area contributed by atoms with Crippen LogP contribution in [-0.4, -0.2) is 40.7 Å². The van der Waals surface area contributed by atoms with Crippen molar-refractivity contribution in [2.75, 3.05) is 20.1 Å². The third kappa shape index (κ3) is 4.07. The first kappa shape index (κ1) is 18.4. The molecular weight excluding hydrogens is 345 g/mol. The minimum atomic E-state index is -4.45. The fourth-order valence-electron chi connectivity index (χ4n) is 3.17. The van der Waals surface area contributed by atoms with Crippen LogP contribution in [0.3, 0.4) is 0 Å². The monoisotopic (exact) mass is 366 g/mol. The number of aromatic nitrogens is 2. The van der Waals surface area contributed by atoms with Gasteiger partial charge in [0.2, 0.25) is 0 Å². The second-order valence-corrected chi connectivity index (χ2v) is 6.50.